The van der Waals surface area contributed by atoms with E-state index in [4.69, 9.17) is 0 Å². The van der Waals surface area contributed by atoms with Crippen LogP contribution < -0.4 is 5.32 Å². The number of hydrogen-bond donors (Lipinski definition) is 1. The maximum absolute atomic E-state index is 13.3. The molecule has 2 amide bonds. The van der Waals surface area contributed by atoms with Crippen LogP contribution in [0.3, 0.4) is 0 Å². The van der Waals surface area contributed by atoms with Gasteiger partial charge in [-0.25, -0.2) is 0 Å². The lowest BCUT2D eigenvalue weighted by atomic mass is 9.95. The predicted octanol–water partition coefficient (Wildman–Crippen LogP) is 4.71. The van der Waals surface area contributed by atoms with Crippen LogP contribution in [0, 0.1) is 13.8 Å². The smallest absolute Gasteiger partial charge is 0.242 e. The maximum atomic E-state index is 13.3. The SMILES string of the molecule is Cc1ccc(CN(C(=O)Cc2cccc(C)c2)[C@@H](C)C(=O)NC2CCCCC2)cc1. The van der Waals surface area contributed by atoms with Gasteiger partial charge in [-0.2, -0.15) is 0 Å². The highest BCUT2D eigenvalue weighted by Gasteiger charge is 2.28. The standard InChI is InChI=1S/C26H34N2O2/c1-19-12-14-22(15-13-19)18-28(25(29)17-23-9-7-8-20(2)16-23)21(3)26(30)27-24-10-5-4-6-11-24/h7-9,12-16,21,24H,4-6,10-11,17-18H2,1-3H3,(H,27,30)/t21-/m0/s1. The summed E-state index contributed by atoms with van der Waals surface area (Å²) in [6.07, 6.45) is 5.95. The van der Waals surface area contributed by atoms with Gasteiger partial charge in [0.05, 0.1) is 6.42 Å². The number of amides is 2. The first kappa shape index (κ1) is 22.1. The summed E-state index contributed by atoms with van der Waals surface area (Å²) in [5.41, 5.74) is 4.33. The van der Waals surface area contributed by atoms with Gasteiger partial charge in [-0.05, 0) is 44.7 Å². The van der Waals surface area contributed by atoms with E-state index in [2.05, 4.69) is 5.32 Å². The van der Waals surface area contributed by atoms with Gasteiger partial charge in [0.2, 0.25) is 11.8 Å². The van der Waals surface area contributed by atoms with Crippen LogP contribution in [0.2, 0.25) is 0 Å². The molecule has 0 saturated heterocycles. The lowest BCUT2D eigenvalue weighted by molar-refractivity contribution is -0.140. The van der Waals surface area contributed by atoms with Crippen LogP contribution in [0.1, 0.15) is 61.3 Å². The number of rotatable bonds is 7. The van der Waals surface area contributed by atoms with Gasteiger partial charge >= 0.3 is 0 Å². The number of nitrogens with one attached hydrogen (secondary N) is 1. The van der Waals surface area contributed by atoms with E-state index in [1.54, 1.807) is 4.90 Å². The van der Waals surface area contributed by atoms with Crippen molar-refractivity contribution in [1.29, 1.82) is 0 Å². The fourth-order valence-corrected chi connectivity index (χ4v) is 4.14. The third-order valence-corrected chi connectivity index (χ3v) is 6.03. The molecule has 0 spiro atoms. The Morgan fingerprint density at radius 2 is 1.67 bits per heavy atom. The molecule has 0 bridgehead atoms. The molecule has 4 heteroatoms. The molecule has 1 saturated carbocycles. The Morgan fingerprint density at radius 1 is 0.967 bits per heavy atom. The fourth-order valence-electron chi connectivity index (χ4n) is 4.14. The molecule has 4 nitrogen and oxygen atoms in total. The van der Waals surface area contributed by atoms with E-state index in [1.807, 2.05) is 69.3 Å². The number of hydrogen-bond acceptors (Lipinski definition) is 2. The molecule has 1 aliphatic rings. The minimum Gasteiger partial charge on any atom is -0.352 e. The highest BCUT2D eigenvalue weighted by molar-refractivity contribution is 5.88. The molecule has 1 atom stereocenters. The van der Waals surface area contributed by atoms with Crippen molar-refractivity contribution in [3.8, 4) is 0 Å². The number of benzene rings is 2. The minimum atomic E-state index is -0.509. The van der Waals surface area contributed by atoms with Crippen molar-refractivity contribution in [3.05, 3.63) is 70.8 Å². The number of carbonyl (C=O) groups excluding carboxylic acids is 2. The third kappa shape index (κ3) is 6.19. The zero-order valence-electron chi connectivity index (χ0n) is 18.5. The summed E-state index contributed by atoms with van der Waals surface area (Å²) in [4.78, 5) is 28.0. The molecule has 1 N–H and O–H groups in total. The van der Waals surface area contributed by atoms with Gasteiger partial charge in [0.25, 0.3) is 0 Å². The van der Waals surface area contributed by atoms with Crippen LogP contribution in [-0.4, -0.2) is 28.8 Å². The van der Waals surface area contributed by atoms with Crippen LogP contribution in [-0.2, 0) is 22.6 Å². The molecule has 1 fully saturated rings. The second-order valence-corrected chi connectivity index (χ2v) is 8.69. The number of carbonyl (C=O) groups is 2. The van der Waals surface area contributed by atoms with Crippen molar-refractivity contribution in [2.75, 3.05) is 0 Å². The Kier molecular flexibility index (Phi) is 7.67. The lowest BCUT2D eigenvalue weighted by Crippen LogP contribution is -2.50. The van der Waals surface area contributed by atoms with Gasteiger partial charge in [-0.15, -0.1) is 0 Å². The van der Waals surface area contributed by atoms with E-state index in [1.165, 1.54) is 24.8 Å². The zero-order chi connectivity index (χ0) is 21.5. The second kappa shape index (κ2) is 10.4. The van der Waals surface area contributed by atoms with Crippen LogP contribution in [0.5, 0.6) is 0 Å². The number of nitrogens with zero attached hydrogens (tertiary/aromatic N) is 1. The van der Waals surface area contributed by atoms with E-state index in [0.717, 1.165) is 29.5 Å². The summed E-state index contributed by atoms with van der Waals surface area (Å²) >= 11 is 0. The summed E-state index contributed by atoms with van der Waals surface area (Å²) in [6, 6.07) is 15.9. The summed E-state index contributed by atoms with van der Waals surface area (Å²) in [7, 11) is 0. The molecular weight excluding hydrogens is 372 g/mol. The van der Waals surface area contributed by atoms with Crippen LogP contribution in [0.25, 0.3) is 0 Å². The Labute approximate surface area is 180 Å². The Bertz CT molecular complexity index is 854. The quantitative estimate of drug-likeness (QED) is 0.724. The molecule has 1 aliphatic carbocycles. The Balaban J connectivity index is 1.75. The van der Waals surface area contributed by atoms with Crippen molar-refractivity contribution in [2.24, 2.45) is 0 Å². The van der Waals surface area contributed by atoms with Crippen LogP contribution in [0.4, 0.5) is 0 Å². The van der Waals surface area contributed by atoms with Crippen molar-refractivity contribution >= 4 is 11.8 Å². The molecule has 0 unspecified atom stereocenters. The lowest BCUT2D eigenvalue weighted by Gasteiger charge is -2.31. The molecule has 0 aliphatic heterocycles. The van der Waals surface area contributed by atoms with Gasteiger partial charge in [-0.1, -0.05) is 78.9 Å². The van der Waals surface area contributed by atoms with Gasteiger partial charge in [-0.3, -0.25) is 9.59 Å². The number of aryl methyl sites for hydroxylation is 2. The minimum absolute atomic E-state index is 0.0209. The van der Waals surface area contributed by atoms with E-state index < -0.39 is 6.04 Å². The van der Waals surface area contributed by atoms with E-state index >= 15 is 0 Å². The summed E-state index contributed by atoms with van der Waals surface area (Å²) in [6.45, 7) is 6.35. The monoisotopic (exact) mass is 406 g/mol. The first-order valence-electron chi connectivity index (χ1n) is 11.1. The maximum Gasteiger partial charge on any atom is 0.242 e. The molecule has 2 aromatic carbocycles. The zero-order valence-corrected chi connectivity index (χ0v) is 18.5. The first-order valence-corrected chi connectivity index (χ1v) is 11.1. The molecular formula is C26H34N2O2. The van der Waals surface area contributed by atoms with E-state index in [0.29, 0.717) is 13.0 Å². The Morgan fingerprint density at radius 3 is 2.33 bits per heavy atom. The van der Waals surface area contributed by atoms with Gasteiger partial charge in [0, 0.05) is 12.6 Å². The summed E-state index contributed by atoms with van der Waals surface area (Å²) in [5, 5.41) is 3.19. The van der Waals surface area contributed by atoms with Crippen LogP contribution >= 0.6 is 0 Å². The van der Waals surface area contributed by atoms with Crippen molar-refractivity contribution < 1.29 is 9.59 Å². The predicted molar refractivity (Wildman–Crippen MR) is 121 cm³/mol. The molecule has 2 aromatic rings. The van der Waals surface area contributed by atoms with Gasteiger partial charge in [0.1, 0.15) is 6.04 Å². The topological polar surface area (TPSA) is 49.4 Å². The second-order valence-electron chi connectivity index (χ2n) is 8.69. The van der Waals surface area contributed by atoms with Gasteiger partial charge in [0.15, 0.2) is 0 Å². The summed E-state index contributed by atoms with van der Waals surface area (Å²) < 4.78 is 0. The summed E-state index contributed by atoms with van der Waals surface area (Å²) in [5.74, 6) is -0.0703. The van der Waals surface area contributed by atoms with E-state index in [9.17, 15) is 9.59 Å². The van der Waals surface area contributed by atoms with Crippen LogP contribution in [0.15, 0.2) is 48.5 Å². The van der Waals surface area contributed by atoms with E-state index in [-0.39, 0.29) is 17.9 Å². The third-order valence-electron chi connectivity index (χ3n) is 6.03. The Hall–Kier alpha value is -2.62. The molecule has 3 rings (SSSR count). The molecule has 0 aromatic heterocycles. The molecule has 0 heterocycles. The first-order chi connectivity index (χ1) is 14.4. The normalized spacial score (nSPS) is 15.4. The highest BCUT2D eigenvalue weighted by Crippen LogP contribution is 2.19. The average Bonchev–Trinajstić information content (AvgIpc) is 2.73. The molecule has 30 heavy (non-hydrogen) atoms. The largest absolute Gasteiger partial charge is 0.352 e. The van der Waals surface area contributed by atoms with Crippen molar-refractivity contribution in [3.63, 3.8) is 0 Å². The molecule has 160 valence electrons. The highest BCUT2D eigenvalue weighted by atomic mass is 16.2. The fraction of sp³-hybridized carbons (Fsp3) is 0.462. The van der Waals surface area contributed by atoms with Crippen molar-refractivity contribution in [2.45, 2.75) is 77.9 Å². The average molecular weight is 407 g/mol. The molecule has 0 radical (unpaired) electrons. The van der Waals surface area contributed by atoms with Crippen molar-refractivity contribution in [1.82, 2.24) is 10.2 Å². The van der Waals surface area contributed by atoms with Gasteiger partial charge < -0.3 is 10.2 Å².